The number of hydrogen-bond acceptors (Lipinski definition) is 6. The smallest absolute Gasteiger partial charge is 0.243 e. The van der Waals surface area contributed by atoms with E-state index < -0.39 is 41.6 Å². The van der Waals surface area contributed by atoms with Crippen molar-refractivity contribution in [3.05, 3.63) is 83.9 Å². The molecule has 2 rings (SSSR count). The normalized spacial score (nSPS) is 12.6. The first-order chi connectivity index (χ1) is 20.4. The molecular formula is C30H41N9O4. The van der Waals surface area contributed by atoms with Gasteiger partial charge in [-0.3, -0.25) is 29.6 Å². The highest BCUT2D eigenvalue weighted by Crippen LogP contribution is 2.17. The summed E-state index contributed by atoms with van der Waals surface area (Å²) in [6.45, 7) is 3.99. The first-order valence-electron chi connectivity index (χ1n) is 13.7. The Labute approximate surface area is 251 Å². The standard InChI is InChI=1S/C30H41N9O4/c1-3-15-36-27(41)22(17-20-11-13-21(14-12-20)25(31)32)29(43)39(2)24(18-19-8-5-4-6-9-19)28(42)38-23(26(33)40)10-7-16-37-30(34)35/h3-6,8-9,11-14,22-24H,1,7,10,15-18H2,2H3,(H3,31,32)(H2,33,40)(H,36,41)(H,38,42)(H4,34,35,37)/t22?,23-,24-/m0/s1. The number of aliphatic imine (C=N–C) groups is 1. The van der Waals surface area contributed by atoms with Crippen LogP contribution in [-0.2, 0) is 32.0 Å². The molecule has 2 aromatic rings. The van der Waals surface area contributed by atoms with Gasteiger partial charge in [-0.2, -0.15) is 0 Å². The van der Waals surface area contributed by atoms with Crippen molar-refractivity contribution in [3.63, 3.8) is 0 Å². The molecule has 2 aromatic carbocycles. The van der Waals surface area contributed by atoms with E-state index in [1.54, 1.807) is 36.4 Å². The second kappa shape index (κ2) is 16.9. The van der Waals surface area contributed by atoms with E-state index in [1.807, 2.05) is 18.2 Å². The number of carbonyl (C=O) groups is 4. The zero-order valence-corrected chi connectivity index (χ0v) is 24.3. The van der Waals surface area contributed by atoms with E-state index in [1.165, 1.54) is 18.0 Å². The molecule has 0 saturated heterocycles. The third kappa shape index (κ3) is 10.9. The molecule has 13 heteroatoms. The number of nitrogens with two attached hydrogens (primary N) is 4. The number of carbonyl (C=O) groups excluding carboxylic acids is 4. The zero-order valence-electron chi connectivity index (χ0n) is 24.3. The van der Waals surface area contributed by atoms with Crippen molar-refractivity contribution < 1.29 is 19.2 Å². The van der Waals surface area contributed by atoms with Crippen LogP contribution in [0.25, 0.3) is 0 Å². The van der Waals surface area contributed by atoms with Gasteiger partial charge in [-0.25, -0.2) is 0 Å². The van der Waals surface area contributed by atoms with Crippen LogP contribution in [0.15, 0.2) is 72.2 Å². The summed E-state index contributed by atoms with van der Waals surface area (Å²) >= 11 is 0. The minimum absolute atomic E-state index is 0.0265. The number of guanidine groups is 1. The fourth-order valence-corrected chi connectivity index (χ4v) is 4.34. The molecule has 0 aromatic heterocycles. The molecule has 0 spiro atoms. The van der Waals surface area contributed by atoms with E-state index in [0.717, 1.165) is 5.56 Å². The summed E-state index contributed by atoms with van der Waals surface area (Å²) in [4.78, 5) is 58.0. The highest BCUT2D eigenvalue weighted by Gasteiger charge is 2.36. The number of nitrogen functional groups attached to an aromatic ring is 1. The highest BCUT2D eigenvalue weighted by molar-refractivity contribution is 6.02. The van der Waals surface area contributed by atoms with Gasteiger partial charge in [0.1, 0.15) is 23.8 Å². The van der Waals surface area contributed by atoms with Gasteiger partial charge in [0, 0.05) is 32.1 Å². The maximum atomic E-state index is 13.9. The maximum Gasteiger partial charge on any atom is 0.243 e. The molecule has 0 fully saturated rings. The molecule has 43 heavy (non-hydrogen) atoms. The summed E-state index contributed by atoms with van der Waals surface area (Å²) in [6, 6.07) is 13.6. The van der Waals surface area contributed by atoms with Crippen LogP contribution >= 0.6 is 0 Å². The number of rotatable bonds is 17. The fraction of sp³-hybridized carbons (Fsp3) is 0.333. The van der Waals surface area contributed by atoms with E-state index in [2.05, 4.69) is 22.2 Å². The van der Waals surface area contributed by atoms with Gasteiger partial charge in [0.25, 0.3) is 0 Å². The Morgan fingerprint density at radius 1 is 0.953 bits per heavy atom. The van der Waals surface area contributed by atoms with Gasteiger partial charge < -0.3 is 38.5 Å². The van der Waals surface area contributed by atoms with Crippen molar-refractivity contribution >= 4 is 35.4 Å². The number of hydrogen-bond donors (Lipinski definition) is 7. The molecule has 3 atom stereocenters. The van der Waals surface area contributed by atoms with E-state index in [4.69, 9.17) is 28.3 Å². The van der Waals surface area contributed by atoms with Gasteiger partial charge in [-0.15, -0.1) is 6.58 Å². The first-order valence-corrected chi connectivity index (χ1v) is 13.7. The minimum Gasteiger partial charge on any atom is -0.384 e. The Morgan fingerprint density at radius 3 is 2.14 bits per heavy atom. The van der Waals surface area contributed by atoms with Crippen molar-refractivity contribution in [1.29, 1.82) is 5.41 Å². The number of nitrogens with one attached hydrogen (secondary N) is 3. The molecular weight excluding hydrogens is 550 g/mol. The lowest BCUT2D eigenvalue weighted by molar-refractivity contribution is -0.146. The molecule has 13 nitrogen and oxygen atoms in total. The largest absolute Gasteiger partial charge is 0.384 e. The summed E-state index contributed by atoms with van der Waals surface area (Å²) in [6.07, 6.45) is 2.18. The van der Waals surface area contributed by atoms with Crippen LogP contribution in [0.3, 0.4) is 0 Å². The quantitative estimate of drug-likeness (QED) is 0.0419. The van der Waals surface area contributed by atoms with Crippen molar-refractivity contribution in [2.75, 3.05) is 20.1 Å². The molecule has 4 amide bonds. The molecule has 1 unspecified atom stereocenters. The lowest BCUT2D eigenvalue weighted by atomic mass is 9.94. The van der Waals surface area contributed by atoms with Crippen LogP contribution in [0.5, 0.6) is 0 Å². The summed E-state index contributed by atoms with van der Waals surface area (Å²) in [5.74, 6) is -3.89. The molecule has 0 bridgehead atoms. The summed E-state index contributed by atoms with van der Waals surface area (Å²) in [7, 11) is 1.44. The first kappa shape index (κ1) is 34.0. The van der Waals surface area contributed by atoms with Crippen LogP contribution < -0.4 is 33.6 Å². The lowest BCUT2D eigenvalue weighted by Crippen LogP contribution is -2.56. The van der Waals surface area contributed by atoms with Gasteiger partial charge in [-0.05, 0) is 30.4 Å². The molecule has 0 saturated carbocycles. The molecule has 0 aliphatic carbocycles. The average Bonchev–Trinajstić information content (AvgIpc) is 2.98. The van der Waals surface area contributed by atoms with Crippen LogP contribution in [0, 0.1) is 11.3 Å². The highest BCUT2D eigenvalue weighted by atomic mass is 16.2. The maximum absolute atomic E-state index is 13.9. The van der Waals surface area contributed by atoms with Crippen molar-refractivity contribution in [2.24, 2.45) is 33.8 Å². The Balaban J connectivity index is 2.37. The summed E-state index contributed by atoms with van der Waals surface area (Å²) in [5, 5.41) is 12.9. The van der Waals surface area contributed by atoms with Gasteiger partial charge in [0.15, 0.2) is 5.96 Å². The third-order valence-corrected chi connectivity index (χ3v) is 6.73. The number of nitrogens with zero attached hydrogens (tertiary/aromatic N) is 2. The van der Waals surface area contributed by atoms with Gasteiger partial charge >= 0.3 is 0 Å². The predicted octanol–water partition coefficient (Wildman–Crippen LogP) is -0.475. The Morgan fingerprint density at radius 2 is 1.58 bits per heavy atom. The van der Waals surface area contributed by atoms with Gasteiger partial charge in [-0.1, -0.05) is 60.7 Å². The molecule has 230 valence electrons. The van der Waals surface area contributed by atoms with Gasteiger partial charge in [0.05, 0.1) is 0 Å². The van der Waals surface area contributed by atoms with Crippen LogP contribution in [0.4, 0.5) is 0 Å². The number of likely N-dealkylation sites (N-methyl/N-ethyl adjacent to an activating group) is 1. The number of amides is 4. The topological polar surface area (TPSA) is 236 Å². The van der Waals surface area contributed by atoms with E-state index in [-0.39, 0.29) is 44.1 Å². The predicted molar refractivity (Wildman–Crippen MR) is 166 cm³/mol. The van der Waals surface area contributed by atoms with Gasteiger partial charge in [0.2, 0.25) is 23.6 Å². The fourth-order valence-electron chi connectivity index (χ4n) is 4.34. The van der Waals surface area contributed by atoms with E-state index in [0.29, 0.717) is 17.5 Å². The van der Waals surface area contributed by atoms with E-state index in [9.17, 15) is 19.2 Å². The Bertz CT molecular complexity index is 1310. The average molecular weight is 592 g/mol. The van der Waals surface area contributed by atoms with Crippen LogP contribution in [-0.4, -0.2) is 72.5 Å². The second-order valence-electron chi connectivity index (χ2n) is 9.97. The van der Waals surface area contributed by atoms with Crippen molar-refractivity contribution in [2.45, 2.75) is 37.8 Å². The van der Waals surface area contributed by atoms with Crippen molar-refractivity contribution in [1.82, 2.24) is 15.5 Å². The van der Waals surface area contributed by atoms with E-state index >= 15 is 0 Å². The number of primary amides is 1. The monoisotopic (exact) mass is 591 g/mol. The van der Waals surface area contributed by atoms with Crippen molar-refractivity contribution in [3.8, 4) is 0 Å². The third-order valence-electron chi connectivity index (χ3n) is 6.73. The lowest BCUT2D eigenvalue weighted by Gasteiger charge is -2.31. The molecule has 0 heterocycles. The number of amidine groups is 1. The molecule has 0 aliphatic rings. The molecule has 11 N–H and O–H groups in total. The zero-order chi connectivity index (χ0) is 31.9. The molecule has 0 aliphatic heterocycles. The van der Waals surface area contributed by atoms with Crippen LogP contribution in [0.1, 0.15) is 29.5 Å². The Hall–Kier alpha value is -5.20. The molecule has 0 radical (unpaired) electrons. The Kier molecular flexibility index (Phi) is 13.4. The second-order valence-corrected chi connectivity index (χ2v) is 9.97. The summed E-state index contributed by atoms with van der Waals surface area (Å²) in [5.41, 5.74) is 23.7. The summed E-state index contributed by atoms with van der Waals surface area (Å²) < 4.78 is 0. The SMILES string of the molecule is C=CCNC(=O)C(Cc1ccc(C(=N)N)cc1)C(=O)N(C)[C@@H](Cc1ccccc1)C(=O)N[C@@H](CCCN=C(N)N)C(N)=O. The minimum atomic E-state index is -1.19. The number of benzene rings is 2. The van der Waals surface area contributed by atoms with Crippen LogP contribution in [0.2, 0.25) is 0 Å².